The van der Waals surface area contributed by atoms with E-state index in [-0.39, 0.29) is 11.5 Å². The summed E-state index contributed by atoms with van der Waals surface area (Å²) >= 11 is 10.6. The van der Waals surface area contributed by atoms with Crippen LogP contribution in [0.1, 0.15) is 60.5 Å². The molecule has 0 aliphatic heterocycles. The van der Waals surface area contributed by atoms with Crippen LogP contribution >= 0.6 is 47.8 Å². The summed E-state index contributed by atoms with van der Waals surface area (Å²) in [6, 6.07) is 15.5. The number of allylic oxidation sites excluding steroid dienone is 1. The van der Waals surface area contributed by atoms with Gasteiger partial charge in [0.2, 0.25) is 0 Å². The number of rotatable bonds is 9. The first kappa shape index (κ1) is 29.7. The number of methoxy groups -OCH3 is 1. The molecule has 0 spiro atoms. The zero-order valence-electron chi connectivity index (χ0n) is 22.7. The zero-order chi connectivity index (χ0) is 28.9. The standard InChI is InChI=1S/C32H30Br3N3O3/c1-3-7-22-14-20(15-29(40-2)30(22)41-19-23-10-11-25(34)17-27(23)35)18-36-38-31(21-8-5-4-6-9-21)37-28-13-12-24(33)16-26(28)32(38)39/h3,10-18,21H,1,4-9,19H2,2H3. The smallest absolute Gasteiger partial charge is 0.282 e. The van der Waals surface area contributed by atoms with E-state index in [2.05, 4.69) is 54.4 Å². The molecule has 3 aromatic carbocycles. The summed E-state index contributed by atoms with van der Waals surface area (Å²) in [7, 11) is 1.62. The topological polar surface area (TPSA) is 65.7 Å². The van der Waals surface area contributed by atoms with Crippen LogP contribution in [0.3, 0.4) is 0 Å². The molecule has 0 unspecified atom stereocenters. The van der Waals surface area contributed by atoms with Crippen molar-refractivity contribution >= 4 is 64.9 Å². The van der Waals surface area contributed by atoms with E-state index >= 15 is 0 Å². The van der Waals surface area contributed by atoms with E-state index in [1.807, 2.05) is 54.6 Å². The molecular formula is C32H30Br3N3O3. The van der Waals surface area contributed by atoms with Gasteiger partial charge in [0.1, 0.15) is 12.4 Å². The Balaban J connectivity index is 1.53. The molecule has 4 aromatic rings. The highest BCUT2D eigenvalue weighted by Crippen LogP contribution is 2.35. The first-order chi connectivity index (χ1) is 19.9. The maximum atomic E-state index is 13.7. The number of ether oxygens (including phenoxy) is 2. The summed E-state index contributed by atoms with van der Waals surface area (Å²) < 4.78 is 16.3. The summed E-state index contributed by atoms with van der Waals surface area (Å²) in [4.78, 5) is 18.6. The Kier molecular flexibility index (Phi) is 9.78. The Morgan fingerprint density at radius 1 is 1.02 bits per heavy atom. The SMILES string of the molecule is C=CCc1cc(C=Nn2c(C3CCCCC3)nc3ccc(Br)cc3c2=O)cc(OC)c1OCc1ccc(Br)cc1Br. The predicted octanol–water partition coefficient (Wildman–Crippen LogP) is 8.93. The number of hydrogen-bond acceptors (Lipinski definition) is 5. The molecule has 0 bridgehead atoms. The molecule has 41 heavy (non-hydrogen) atoms. The Bertz CT molecular complexity index is 1680. The van der Waals surface area contributed by atoms with E-state index in [1.54, 1.807) is 13.3 Å². The Morgan fingerprint density at radius 2 is 1.78 bits per heavy atom. The summed E-state index contributed by atoms with van der Waals surface area (Å²) in [5, 5.41) is 5.25. The summed E-state index contributed by atoms with van der Waals surface area (Å²) in [6.45, 7) is 4.29. The number of benzene rings is 3. The van der Waals surface area contributed by atoms with Gasteiger partial charge in [-0.1, -0.05) is 79.2 Å². The highest BCUT2D eigenvalue weighted by atomic mass is 79.9. The highest BCUT2D eigenvalue weighted by Gasteiger charge is 2.23. The van der Waals surface area contributed by atoms with Crippen molar-refractivity contribution in [2.45, 2.75) is 51.0 Å². The maximum absolute atomic E-state index is 13.7. The van der Waals surface area contributed by atoms with Crippen LogP contribution in [-0.2, 0) is 13.0 Å². The van der Waals surface area contributed by atoms with Gasteiger partial charge in [-0.2, -0.15) is 9.78 Å². The Hall–Kier alpha value is -2.75. The molecule has 1 saturated carbocycles. The second-order valence-corrected chi connectivity index (χ2v) is 12.7. The molecule has 1 aliphatic rings. The van der Waals surface area contributed by atoms with Crippen LogP contribution in [0, 0.1) is 0 Å². The molecule has 0 amide bonds. The lowest BCUT2D eigenvalue weighted by molar-refractivity contribution is 0.281. The lowest BCUT2D eigenvalue weighted by Crippen LogP contribution is -2.25. The van der Waals surface area contributed by atoms with Crippen molar-refractivity contribution in [2.75, 3.05) is 7.11 Å². The van der Waals surface area contributed by atoms with E-state index in [1.165, 1.54) is 11.1 Å². The van der Waals surface area contributed by atoms with Gasteiger partial charge in [0.15, 0.2) is 11.5 Å². The average molecular weight is 744 g/mol. The normalized spacial score (nSPS) is 14.0. The van der Waals surface area contributed by atoms with Gasteiger partial charge in [-0.25, -0.2) is 4.98 Å². The van der Waals surface area contributed by atoms with Crippen molar-refractivity contribution in [2.24, 2.45) is 5.10 Å². The van der Waals surface area contributed by atoms with Crippen molar-refractivity contribution in [3.8, 4) is 11.5 Å². The second kappa shape index (κ2) is 13.5. The molecule has 9 heteroatoms. The van der Waals surface area contributed by atoms with E-state index in [0.717, 1.165) is 61.6 Å². The minimum atomic E-state index is -0.175. The summed E-state index contributed by atoms with van der Waals surface area (Å²) in [5.74, 6) is 2.15. The van der Waals surface area contributed by atoms with Crippen LogP contribution in [0.25, 0.3) is 10.9 Å². The third-order valence-corrected chi connectivity index (χ3v) is 8.98. The third-order valence-electron chi connectivity index (χ3n) is 7.25. The van der Waals surface area contributed by atoms with E-state index in [9.17, 15) is 4.79 Å². The Morgan fingerprint density at radius 3 is 2.51 bits per heavy atom. The number of nitrogens with zero attached hydrogens (tertiary/aromatic N) is 3. The fourth-order valence-corrected chi connectivity index (χ4v) is 6.72. The van der Waals surface area contributed by atoms with Gasteiger partial charge >= 0.3 is 0 Å². The number of aromatic nitrogens is 2. The fraction of sp³-hybridized carbons (Fsp3) is 0.281. The highest BCUT2D eigenvalue weighted by molar-refractivity contribution is 9.11. The van der Waals surface area contributed by atoms with E-state index in [4.69, 9.17) is 19.6 Å². The summed E-state index contributed by atoms with van der Waals surface area (Å²) in [5.41, 5.74) is 3.22. The molecule has 0 N–H and O–H groups in total. The fourth-order valence-electron chi connectivity index (χ4n) is 5.20. The van der Waals surface area contributed by atoms with Crippen LogP contribution < -0.4 is 15.0 Å². The molecule has 1 heterocycles. The van der Waals surface area contributed by atoms with Crippen molar-refractivity contribution in [1.82, 2.24) is 9.66 Å². The van der Waals surface area contributed by atoms with Gasteiger partial charge in [-0.05, 0) is 67.3 Å². The van der Waals surface area contributed by atoms with Gasteiger partial charge in [0, 0.05) is 30.5 Å². The van der Waals surface area contributed by atoms with Gasteiger partial charge < -0.3 is 9.47 Å². The van der Waals surface area contributed by atoms with Crippen LogP contribution in [0.5, 0.6) is 11.5 Å². The van der Waals surface area contributed by atoms with Gasteiger partial charge in [0.05, 0.1) is 24.2 Å². The largest absolute Gasteiger partial charge is 0.493 e. The number of hydrogen-bond donors (Lipinski definition) is 0. The Labute approximate surface area is 264 Å². The zero-order valence-corrected chi connectivity index (χ0v) is 27.5. The lowest BCUT2D eigenvalue weighted by atomic mass is 9.88. The molecule has 0 atom stereocenters. The average Bonchev–Trinajstić information content (AvgIpc) is 2.97. The maximum Gasteiger partial charge on any atom is 0.282 e. The minimum Gasteiger partial charge on any atom is -0.493 e. The molecule has 1 aliphatic carbocycles. The van der Waals surface area contributed by atoms with Crippen molar-refractivity contribution < 1.29 is 9.47 Å². The monoisotopic (exact) mass is 741 g/mol. The molecular weight excluding hydrogens is 714 g/mol. The summed E-state index contributed by atoms with van der Waals surface area (Å²) in [6.07, 6.45) is 9.57. The van der Waals surface area contributed by atoms with Crippen molar-refractivity contribution in [3.63, 3.8) is 0 Å². The van der Waals surface area contributed by atoms with E-state index in [0.29, 0.717) is 35.4 Å². The first-order valence-corrected chi connectivity index (χ1v) is 15.9. The molecule has 0 saturated heterocycles. The predicted molar refractivity (Wildman–Crippen MR) is 176 cm³/mol. The lowest BCUT2D eigenvalue weighted by Gasteiger charge is -2.22. The molecule has 212 valence electrons. The molecule has 6 nitrogen and oxygen atoms in total. The molecule has 5 rings (SSSR count). The molecule has 0 radical (unpaired) electrons. The second-order valence-electron chi connectivity index (χ2n) is 10.1. The van der Waals surface area contributed by atoms with Crippen LogP contribution in [0.4, 0.5) is 0 Å². The van der Waals surface area contributed by atoms with Crippen LogP contribution in [-0.4, -0.2) is 23.0 Å². The van der Waals surface area contributed by atoms with E-state index < -0.39 is 0 Å². The number of halogens is 3. The first-order valence-electron chi connectivity index (χ1n) is 13.5. The van der Waals surface area contributed by atoms with Gasteiger partial charge in [-0.15, -0.1) is 6.58 Å². The third kappa shape index (κ3) is 6.84. The number of fused-ring (bicyclic) bond motifs is 1. The molecule has 1 aromatic heterocycles. The molecule has 1 fully saturated rings. The van der Waals surface area contributed by atoms with Crippen molar-refractivity contribution in [1.29, 1.82) is 0 Å². The van der Waals surface area contributed by atoms with Gasteiger partial charge in [0.25, 0.3) is 5.56 Å². The minimum absolute atomic E-state index is 0.175. The van der Waals surface area contributed by atoms with Gasteiger partial charge in [-0.3, -0.25) is 4.79 Å². The quantitative estimate of drug-likeness (QED) is 0.127. The van der Waals surface area contributed by atoms with Crippen LogP contribution in [0.15, 0.2) is 84.5 Å². The van der Waals surface area contributed by atoms with Crippen molar-refractivity contribution in [3.05, 3.63) is 107 Å². The van der Waals surface area contributed by atoms with Crippen LogP contribution in [0.2, 0.25) is 0 Å².